The summed E-state index contributed by atoms with van der Waals surface area (Å²) in [5.41, 5.74) is 3.36. The fourth-order valence-electron chi connectivity index (χ4n) is 5.46. The average molecular weight is 656 g/mol. The number of anilines is 1. The summed E-state index contributed by atoms with van der Waals surface area (Å²) >= 11 is 1.44. The number of carbonyl (C=O) groups excluding carboxylic acids is 3. The Labute approximate surface area is 282 Å². The van der Waals surface area contributed by atoms with Gasteiger partial charge in [0.05, 0.1) is 30.5 Å². The minimum Gasteiger partial charge on any atom is -0.493 e. The number of ether oxygens (including phenoxy) is 2. The molecule has 2 amide bonds. The summed E-state index contributed by atoms with van der Waals surface area (Å²) in [7, 11) is 3.07. The number of hydrogen-bond acceptors (Lipinski definition) is 6. The second-order valence-electron chi connectivity index (χ2n) is 10.9. The molecular formula is C39H33N3O5S. The van der Waals surface area contributed by atoms with Crippen LogP contribution >= 0.6 is 11.8 Å². The molecular weight excluding hydrogens is 623 g/mol. The number of methoxy groups -OCH3 is 2. The maximum Gasteiger partial charge on any atom is 0.272 e. The first-order valence-electron chi connectivity index (χ1n) is 15.3. The lowest BCUT2D eigenvalue weighted by molar-refractivity contribution is -0.113. The number of carbonyl (C=O) groups is 3. The quantitative estimate of drug-likeness (QED) is 0.115. The number of aromatic nitrogens is 1. The molecule has 0 aliphatic carbocycles. The van der Waals surface area contributed by atoms with E-state index in [1.54, 1.807) is 72.4 Å². The number of para-hydroxylation sites is 2. The Balaban J connectivity index is 1.20. The van der Waals surface area contributed by atoms with Crippen molar-refractivity contribution in [3.63, 3.8) is 0 Å². The Kier molecular flexibility index (Phi) is 9.59. The lowest BCUT2D eigenvalue weighted by Gasteiger charge is -2.14. The lowest BCUT2D eigenvalue weighted by atomic mass is 10.1. The molecule has 1 aromatic heterocycles. The van der Waals surface area contributed by atoms with Crippen molar-refractivity contribution in [2.24, 2.45) is 0 Å². The van der Waals surface area contributed by atoms with Gasteiger partial charge in [0.2, 0.25) is 5.91 Å². The van der Waals surface area contributed by atoms with Crippen LogP contribution in [0.2, 0.25) is 0 Å². The fourth-order valence-corrected chi connectivity index (χ4v) is 6.37. The van der Waals surface area contributed by atoms with Crippen LogP contribution in [0.3, 0.4) is 0 Å². The van der Waals surface area contributed by atoms with Crippen LogP contribution in [0.15, 0.2) is 132 Å². The standard InChI is InChI=1S/C39H33N3O5S/c1-25(39(45)42-33-15-9-7-13-30(33)31-14-8-10-16-34(31)42)48-29-20-18-28(19-21-29)40-38(44)32(41-37(43)27-11-5-4-6-12-27)23-26-17-22-35(46-2)36(24-26)47-3/h4-25H,1-3H3,(H,40,44)(H,41,43)/b32-23-. The van der Waals surface area contributed by atoms with Crippen LogP contribution in [-0.2, 0) is 4.79 Å². The van der Waals surface area contributed by atoms with Gasteiger partial charge in [-0.2, -0.15) is 0 Å². The van der Waals surface area contributed by atoms with E-state index in [1.165, 1.54) is 18.9 Å². The Bertz CT molecular complexity index is 2100. The molecule has 0 aliphatic heterocycles. The highest BCUT2D eigenvalue weighted by Crippen LogP contribution is 2.32. The van der Waals surface area contributed by atoms with Crippen molar-refractivity contribution in [3.8, 4) is 11.5 Å². The van der Waals surface area contributed by atoms with Crippen molar-refractivity contribution in [1.82, 2.24) is 9.88 Å². The van der Waals surface area contributed by atoms with E-state index in [-0.39, 0.29) is 16.9 Å². The number of nitrogens with one attached hydrogen (secondary N) is 2. The average Bonchev–Trinajstić information content (AvgIpc) is 3.46. The molecule has 9 heteroatoms. The largest absolute Gasteiger partial charge is 0.493 e. The van der Waals surface area contributed by atoms with Crippen molar-refractivity contribution in [2.75, 3.05) is 19.5 Å². The fraction of sp³-hybridized carbons (Fsp3) is 0.103. The molecule has 5 aromatic carbocycles. The smallest absolute Gasteiger partial charge is 0.272 e. The van der Waals surface area contributed by atoms with Crippen LogP contribution in [0, 0.1) is 0 Å². The molecule has 0 bridgehead atoms. The molecule has 2 N–H and O–H groups in total. The van der Waals surface area contributed by atoms with E-state index >= 15 is 0 Å². The van der Waals surface area contributed by atoms with Crippen molar-refractivity contribution in [2.45, 2.75) is 17.1 Å². The first-order valence-corrected chi connectivity index (χ1v) is 16.1. The molecule has 1 atom stereocenters. The predicted octanol–water partition coefficient (Wildman–Crippen LogP) is 8.04. The first kappa shape index (κ1) is 32.2. The molecule has 0 aliphatic rings. The summed E-state index contributed by atoms with van der Waals surface area (Å²) < 4.78 is 12.5. The molecule has 1 heterocycles. The summed E-state index contributed by atoms with van der Waals surface area (Å²) in [5, 5.41) is 7.33. The Hall–Kier alpha value is -5.80. The van der Waals surface area contributed by atoms with Gasteiger partial charge in [0.25, 0.3) is 11.8 Å². The normalized spacial score (nSPS) is 12.0. The minimum atomic E-state index is -0.510. The SMILES string of the molecule is COc1ccc(/C=C(\NC(=O)c2ccccc2)C(=O)Nc2ccc(SC(C)C(=O)n3c4ccccc4c4ccccc43)cc2)cc1OC. The third-order valence-corrected chi connectivity index (χ3v) is 8.92. The number of nitrogens with zero attached hydrogens (tertiary/aromatic N) is 1. The zero-order valence-corrected chi connectivity index (χ0v) is 27.4. The van der Waals surface area contributed by atoms with Crippen molar-refractivity contribution in [3.05, 3.63) is 138 Å². The van der Waals surface area contributed by atoms with E-state index < -0.39 is 11.8 Å². The van der Waals surface area contributed by atoms with Crippen LogP contribution in [0.25, 0.3) is 27.9 Å². The highest BCUT2D eigenvalue weighted by atomic mass is 32.2. The van der Waals surface area contributed by atoms with E-state index in [2.05, 4.69) is 10.6 Å². The third kappa shape index (κ3) is 6.82. The van der Waals surface area contributed by atoms with Crippen molar-refractivity contribution in [1.29, 1.82) is 0 Å². The van der Waals surface area contributed by atoms with Crippen molar-refractivity contribution < 1.29 is 23.9 Å². The van der Waals surface area contributed by atoms with Gasteiger partial charge in [-0.25, -0.2) is 0 Å². The summed E-state index contributed by atoms with van der Waals surface area (Å²) in [4.78, 5) is 41.2. The number of hydrogen-bond donors (Lipinski definition) is 2. The lowest BCUT2D eigenvalue weighted by Crippen LogP contribution is -2.30. The third-order valence-electron chi connectivity index (χ3n) is 7.82. The molecule has 6 rings (SSSR count). The van der Waals surface area contributed by atoms with Crippen LogP contribution in [0.5, 0.6) is 11.5 Å². The highest BCUT2D eigenvalue weighted by molar-refractivity contribution is 8.00. The second-order valence-corrected chi connectivity index (χ2v) is 12.4. The van der Waals surface area contributed by atoms with E-state index in [0.29, 0.717) is 28.3 Å². The molecule has 0 saturated heterocycles. The minimum absolute atomic E-state index is 0.0196. The summed E-state index contributed by atoms with van der Waals surface area (Å²) in [6.45, 7) is 1.90. The van der Waals surface area contributed by atoms with Gasteiger partial charge in [-0.05, 0) is 79.2 Å². The number of rotatable bonds is 10. The molecule has 6 aromatic rings. The van der Waals surface area contributed by atoms with Gasteiger partial charge in [0.1, 0.15) is 5.70 Å². The van der Waals surface area contributed by atoms with Gasteiger partial charge in [-0.1, -0.05) is 60.7 Å². The van der Waals surface area contributed by atoms with E-state index in [1.807, 2.05) is 73.7 Å². The topological polar surface area (TPSA) is 98.7 Å². The molecule has 0 fully saturated rings. The van der Waals surface area contributed by atoms with Gasteiger partial charge in [0.15, 0.2) is 11.5 Å². The van der Waals surface area contributed by atoms with Crippen LogP contribution in [0.4, 0.5) is 5.69 Å². The summed E-state index contributed by atoms with van der Waals surface area (Å²) in [5.74, 6) is 0.0711. The molecule has 240 valence electrons. The number of thioether (sulfide) groups is 1. The number of fused-ring (bicyclic) bond motifs is 3. The molecule has 0 radical (unpaired) electrons. The summed E-state index contributed by atoms with van der Waals surface area (Å²) in [6.07, 6.45) is 1.57. The Morgan fingerprint density at radius 2 is 1.33 bits per heavy atom. The summed E-state index contributed by atoms with van der Waals surface area (Å²) in [6, 6.07) is 37.0. The Morgan fingerprint density at radius 1 is 0.729 bits per heavy atom. The molecule has 48 heavy (non-hydrogen) atoms. The zero-order valence-electron chi connectivity index (χ0n) is 26.6. The maximum atomic E-state index is 13.8. The van der Waals surface area contributed by atoms with Gasteiger partial charge in [-0.3, -0.25) is 19.0 Å². The monoisotopic (exact) mass is 655 g/mol. The maximum absolute atomic E-state index is 13.8. The van der Waals surface area contributed by atoms with Gasteiger partial charge in [0, 0.05) is 26.9 Å². The van der Waals surface area contributed by atoms with Crippen LogP contribution in [0.1, 0.15) is 27.6 Å². The van der Waals surface area contributed by atoms with Gasteiger partial charge < -0.3 is 20.1 Å². The zero-order chi connectivity index (χ0) is 33.6. The van der Waals surface area contributed by atoms with E-state index in [4.69, 9.17) is 9.47 Å². The Morgan fingerprint density at radius 3 is 1.96 bits per heavy atom. The molecule has 0 saturated carbocycles. The number of amides is 2. The predicted molar refractivity (Wildman–Crippen MR) is 192 cm³/mol. The highest BCUT2D eigenvalue weighted by Gasteiger charge is 2.22. The van der Waals surface area contributed by atoms with E-state index in [0.717, 1.165) is 26.7 Å². The van der Waals surface area contributed by atoms with E-state index in [9.17, 15) is 14.4 Å². The van der Waals surface area contributed by atoms with Gasteiger partial charge >= 0.3 is 0 Å². The molecule has 0 spiro atoms. The van der Waals surface area contributed by atoms with Crippen LogP contribution < -0.4 is 20.1 Å². The second kappa shape index (κ2) is 14.3. The molecule has 8 nitrogen and oxygen atoms in total. The van der Waals surface area contributed by atoms with Gasteiger partial charge in [-0.15, -0.1) is 11.8 Å². The molecule has 1 unspecified atom stereocenters. The number of benzene rings is 5. The van der Waals surface area contributed by atoms with Crippen molar-refractivity contribution >= 4 is 63.1 Å². The first-order chi connectivity index (χ1) is 23.4. The van der Waals surface area contributed by atoms with Crippen LogP contribution in [-0.4, -0.2) is 41.8 Å².